The monoisotopic (exact) mass is 488 g/mol. The molecule has 9 heteroatoms. The summed E-state index contributed by atoms with van der Waals surface area (Å²) in [6.07, 6.45) is 3.86. The van der Waals surface area contributed by atoms with Crippen LogP contribution in [0.3, 0.4) is 0 Å². The molecule has 0 unspecified atom stereocenters. The van der Waals surface area contributed by atoms with Gasteiger partial charge in [0.2, 0.25) is 10.0 Å². The number of amides is 1. The predicted molar refractivity (Wildman–Crippen MR) is 135 cm³/mol. The molecule has 4 aromatic rings. The van der Waals surface area contributed by atoms with Crippen LogP contribution in [0.15, 0.2) is 91.3 Å². The van der Waals surface area contributed by atoms with Crippen molar-refractivity contribution in [2.45, 2.75) is 13.2 Å². The molecular weight excluding hydrogens is 464 g/mol. The standard InChI is InChI=1S/C26H24N4O4S/c1-35(32,33)30-25-16-27-15-24(29-25)21-8-5-9-22(14-21)26(31)28-23-12-10-20(11-13-23)18-34-17-19-6-3-2-4-7-19/h2-16H,17-18H2,1H3,(H,28,31)(H,29,30). The quantitative estimate of drug-likeness (QED) is 0.359. The third kappa shape index (κ3) is 7.20. The predicted octanol–water partition coefficient (Wildman–Crippen LogP) is 4.48. The highest BCUT2D eigenvalue weighted by Gasteiger charge is 2.10. The fourth-order valence-electron chi connectivity index (χ4n) is 3.31. The second-order valence-electron chi connectivity index (χ2n) is 7.87. The lowest BCUT2D eigenvalue weighted by Gasteiger charge is -2.09. The molecule has 1 aromatic heterocycles. The SMILES string of the molecule is CS(=O)(=O)Nc1cncc(-c2cccc(C(=O)Nc3ccc(COCc4ccccc4)cc3)c2)n1. The number of hydrogen-bond donors (Lipinski definition) is 2. The Morgan fingerprint density at radius 1 is 0.886 bits per heavy atom. The summed E-state index contributed by atoms with van der Waals surface area (Å²) in [4.78, 5) is 21.1. The molecule has 3 aromatic carbocycles. The summed E-state index contributed by atoms with van der Waals surface area (Å²) >= 11 is 0. The van der Waals surface area contributed by atoms with Gasteiger partial charge in [0.15, 0.2) is 5.82 Å². The second kappa shape index (κ2) is 10.9. The molecule has 0 atom stereocenters. The number of anilines is 2. The van der Waals surface area contributed by atoms with Crippen molar-refractivity contribution in [2.24, 2.45) is 0 Å². The summed E-state index contributed by atoms with van der Waals surface area (Å²) in [6, 6.07) is 24.3. The smallest absolute Gasteiger partial charge is 0.255 e. The average Bonchev–Trinajstić information content (AvgIpc) is 2.85. The molecule has 0 saturated heterocycles. The number of nitrogens with one attached hydrogen (secondary N) is 2. The first-order valence-electron chi connectivity index (χ1n) is 10.8. The highest BCUT2D eigenvalue weighted by atomic mass is 32.2. The van der Waals surface area contributed by atoms with Crippen LogP contribution in [0.1, 0.15) is 21.5 Å². The van der Waals surface area contributed by atoms with Gasteiger partial charge in [-0.05, 0) is 35.4 Å². The van der Waals surface area contributed by atoms with Crippen LogP contribution in [0.25, 0.3) is 11.3 Å². The minimum absolute atomic E-state index is 0.104. The molecule has 8 nitrogen and oxygen atoms in total. The number of carbonyl (C=O) groups excluding carboxylic acids is 1. The Morgan fingerprint density at radius 3 is 2.31 bits per heavy atom. The van der Waals surface area contributed by atoms with Crippen LogP contribution in [0, 0.1) is 0 Å². The maximum absolute atomic E-state index is 12.8. The number of aromatic nitrogens is 2. The molecule has 0 saturated carbocycles. The molecule has 0 aliphatic heterocycles. The number of hydrogen-bond acceptors (Lipinski definition) is 6. The number of rotatable bonds is 9. The minimum atomic E-state index is -3.48. The highest BCUT2D eigenvalue weighted by Crippen LogP contribution is 2.20. The minimum Gasteiger partial charge on any atom is -0.372 e. The average molecular weight is 489 g/mol. The van der Waals surface area contributed by atoms with Crippen molar-refractivity contribution in [1.82, 2.24) is 9.97 Å². The van der Waals surface area contributed by atoms with Crippen LogP contribution in [0.5, 0.6) is 0 Å². The molecule has 0 spiro atoms. The van der Waals surface area contributed by atoms with Gasteiger partial charge in [0.1, 0.15) is 0 Å². The normalized spacial score (nSPS) is 11.1. The lowest BCUT2D eigenvalue weighted by atomic mass is 10.1. The topological polar surface area (TPSA) is 110 Å². The van der Waals surface area contributed by atoms with Crippen LogP contribution < -0.4 is 10.0 Å². The molecule has 0 fully saturated rings. The summed E-state index contributed by atoms with van der Waals surface area (Å²) in [5.74, 6) is -0.175. The number of benzene rings is 3. The van der Waals surface area contributed by atoms with Crippen LogP contribution in [0.4, 0.5) is 11.5 Å². The van der Waals surface area contributed by atoms with Gasteiger partial charge in [-0.2, -0.15) is 0 Å². The second-order valence-corrected chi connectivity index (χ2v) is 9.62. The third-order valence-electron chi connectivity index (χ3n) is 4.94. The summed E-state index contributed by atoms with van der Waals surface area (Å²) in [5.41, 5.74) is 4.28. The Morgan fingerprint density at radius 2 is 1.60 bits per heavy atom. The van der Waals surface area contributed by atoms with Crippen molar-refractivity contribution in [2.75, 3.05) is 16.3 Å². The van der Waals surface area contributed by atoms with Gasteiger partial charge in [-0.15, -0.1) is 0 Å². The van der Waals surface area contributed by atoms with E-state index in [0.29, 0.717) is 35.7 Å². The molecule has 2 N–H and O–H groups in total. The number of ether oxygens (including phenoxy) is 1. The molecule has 1 amide bonds. The molecule has 35 heavy (non-hydrogen) atoms. The third-order valence-corrected chi connectivity index (χ3v) is 5.52. The molecular formula is C26H24N4O4S. The molecule has 178 valence electrons. The first-order valence-corrected chi connectivity index (χ1v) is 12.7. The van der Waals surface area contributed by atoms with E-state index >= 15 is 0 Å². The van der Waals surface area contributed by atoms with Crippen molar-refractivity contribution in [3.8, 4) is 11.3 Å². The van der Waals surface area contributed by atoms with Crippen LogP contribution in [-0.4, -0.2) is 30.5 Å². The van der Waals surface area contributed by atoms with E-state index in [-0.39, 0.29) is 11.7 Å². The zero-order chi connectivity index (χ0) is 24.7. The van der Waals surface area contributed by atoms with Crippen LogP contribution >= 0.6 is 0 Å². The number of carbonyl (C=O) groups is 1. The first kappa shape index (κ1) is 24.1. The first-order chi connectivity index (χ1) is 16.9. The fourth-order valence-corrected chi connectivity index (χ4v) is 3.79. The zero-order valence-corrected chi connectivity index (χ0v) is 19.8. The van der Waals surface area contributed by atoms with E-state index in [1.807, 2.05) is 54.6 Å². The Kier molecular flexibility index (Phi) is 7.49. The Balaban J connectivity index is 1.38. The van der Waals surface area contributed by atoms with E-state index in [9.17, 15) is 13.2 Å². The number of sulfonamides is 1. The van der Waals surface area contributed by atoms with Crippen LogP contribution in [0.2, 0.25) is 0 Å². The van der Waals surface area contributed by atoms with Gasteiger partial charge < -0.3 is 10.1 Å². The van der Waals surface area contributed by atoms with Crippen molar-refractivity contribution >= 4 is 27.4 Å². The van der Waals surface area contributed by atoms with Gasteiger partial charge in [0.05, 0.1) is 37.6 Å². The van der Waals surface area contributed by atoms with E-state index in [4.69, 9.17) is 4.74 Å². The van der Waals surface area contributed by atoms with Crippen LogP contribution in [-0.2, 0) is 28.0 Å². The van der Waals surface area contributed by atoms with Crippen molar-refractivity contribution in [3.63, 3.8) is 0 Å². The molecule has 4 rings (SSSR count). The van der Waals surface area contributed by atoms with E-state index in [2.05, 4.69) is 20.0 Å². The van der Waals surface area contributed by atoms with E-state index < -0.39 is 10.0 Å². The van der Waals surface area contributed by atoms with Gasteiger partial charge in [0.25, 0.3) is 5.91 Å². The lowest BCUT2D eigenvalue weighted by Crippen LogP contribution is -2.12. The summed E-state index contributed by atoms with van der Waals surface area (Å²) in [6.45, 7) is 1.01. The van der Waals surface area contributed by atoms with Gasteiger partial charge in [0, 0.05) is 16.8 Å². The van der Waals surface area contributed by atoms with Crippen molar-refractivity contribution < 1.29 is 17.9 Å². The van der Waals surface area contributed by atoms with Gasteiger partial charge in [-0.25, -0.2) is 13.4 Å². The maximum atomic E-state index is 12.8. The van der Waals surface area contributed by atoms with E-state index in [1.54, 1.807) is 24.3 Å². The molecule has 0 radical (unpaired) electrons. The molecule has 0 aliphatic carbocycles. The Bertz CT molecular complexity index is 1410. The zero-order valence-electron chi connectivity index (χ0n) is 19.0. The van der Waals surface area contributed by atoms with Gasteiger partial charge in [-0.3, -0.25) is 14.5 Å². The maximum Gasteiger partial charge on any atom is 0.255 e. The Labute approximate surface area is 204 Å². The molecule has 1 heterocycles. The fraction of sp³-hybridized carbons (Fsp3) is 0.115. The van der Waals surface area contributed by atoms with E-state index in [1.165, 1.54) is 12.4 Å². The summed E-state index contributed by atoms with van der Waals surface area (Å²) < 4.78 is 31.0. The number of nitrogens with zero attached hydrogens (tertiary/aromatic N) is 2. The van der Waals surface area contributed by atoms with Crippen molar-refractivity contribution in [3.05, 3.63) is 108 Å². The van der Waals surface area contributed by atoms with E-state index in [0.717, 1.165) is 17.4 Å². The van der Waals surface area contributed by atoms with Crippen molar-refractivity contribution in [1.29, 1.82) is 0 Å². The van der Waals surface area contributed by atoms with Gasteiger partial charge in [-0.1, -0.05) is 54.6 Å². The lowest BCUT2D eigenvalue weighted by molar-refractivity contribution is 0.102. The molecule has 0 aliphatic rings. The highest BCUT2D eigenvalue weighted by molar-refractivity contribution is 7.92. The molecule has 0 bridgehead atoms. The van der Waals surface area contributed by atoms with Gasteiger partial charge >= 0.3 is 0 Å². The largest absolute Gasteiger partial charge is 0.372 e. The Hall–Kier alpha value is -4.08. The summed E-state index contributed by atoms with van der Waals surface area (Å²) in [5, 5.41) is 2.88. The summed E-state index contributed by atoms with van der Waals surface area (Å²) in [7, 11) is -3.48.